The van der Waals surface area contributed by atoms with Crippen LogP contribution in [0.25, 0.3) is 0 Å². The quantitative estimate of drug-likeness (QED) is 0.542. The van der Waals surface area contributed by atoms with Crippen LogP contribution in [0.15, 0.2) is 41.3 Å². The summed E-state index contributed by atoms with van der Waals surface area (Å²) in [5.41, 5.74) is 0.312. The summed E-state index contributed by atoms with van der Waals surface area (Å²) in [7, 11) is -3.85. The van der Waals surface area contributed by atoms with Crippen molar-refractivity contribution in [2.45, 2.75) is 37.2 Å². The van der Waals surface area contributed by atoms with Crippen molar-refractivity contribution >= 4 is 62.4 Å². The minimum absolute atomic E-state index is 0.00995. The summed E-state index contributed by atoms with van der Waals surface area (Å²) < 4.78 is 32.5. The molecule has 2 aromatic carbocycles. The fourth-order valence-electron chi connectivity index (χ4n) is 3.22. The van der Waals surface area contributed by atoms with Crippen LogP contribution in [0.3, 0.4) is 0 Å². The summed E-state index contributed by atoms with van der Waals surface area (Å²) in [6, 6.07) is 8.36. The number of rotatable bonds is 6. The van der Waals surface area contributed by atoms with Gasteiger partial charge in [0.1, 0.15) is 4.90 Å². The first-order valence-electron chi connectivity index (χ1n) is 9.85. The van der Waals surface area contributed by atoms with Crippen molar-refractivity contribution in [2.75, 3.05) is 18.4 Å². The molecule has 2 aromatic rings. The van der Waals surface area contributed by atoms with Crippen molar-refractivity contribution in [1.29, 1.82) is 0 Å². The van der Waals surface area contributed by atoms with Gasteiger partial charge in [-0.2, -0.15) is 4.31 Å². The van der Waals surface area contributed by atoms with E-state index in [2.05, 4.69) is 5.32 Å². The van der Waals surface area contributed by atoms with E-state index in [0.717, 1.165) is 19.3 Å². The topological polar surface area (TPSA) is 92.8 Å². The zero-order valence-electron chi connectivity index (χ0n) is 17.1. The molecule has 0 bridgehead atoms. The lowest BCUT2D eigenvalue weighted by atomic mass is 10.2. The van der Waals surface area contributed by atoms with E-state index < -0.39 is 28.0 Å². The van der Waals surface area contributed by atoms with Gasteiger partial charge in [-0.3, -0.25) is 4.79 Å². The van der Waals surface area contributed by atoms with E-state index >= 15 is 0 Å². The summed E-state index contributed by atoms with van der Waals surface area (Å²) in [6.45, 7) is 2.19. The molecule has 1 saturated heterocycles. The second-order valence-electron chi connectivity index (χ2n) is 7.30. The summed E-state index contributed by atoms with van der Waals surface area (Å²) >= 11 is 18.0. The highest BCUT2D eigenvalue weighted by Gasteiger charge is 2.29. The monoisotopic (exact) mass is 518 g/mol. The highest BCUT2D eigenvalue weighted by molar-refractivity contribution is 7.89. The van der Waals surface area contributed by atoms with Crippen LogP contribution in [0.5, 0.6) is 0 Å². The van der Waals surface area contributed by atoms with Crippen molar-refractivity contribution in [1.82, 2.24) is 4.31 Å². The Balaban J connectivity index is 1.73. The van der Waals surface area contributed by atoms with Crippen molar-refractivity contribution < 1.29 is 22.7 Å². The number of ether oxygens (including phenoxy) is 1. The maximum atomic E-state index is 13.0. The third-order valence-electron chi connectivity index (χ3n) is 4.88. The standard InChI is InChI=1S/C21H21Cl3N2O5S/c1-13(20(27)25-17-11-15(22)10-16(23)12-17)31-21(28)14-5-6-18(24)19(9-14)32(29,30)26-7-3-2-4-8-26/h5-6,9-13H,2-4,7-8H2,1H3,(H,25,27)/t13-/m0/s1. The first-order valence-corrected chi connectivity index (χ1v) is 12.4. The molecule has 1 fully saturated rings. The predicted octanol–water partition coefficient (Wildman–Crippen LogP) is 5.01. The van der Waals surface area contributed by atoms with Gasteiger partial charge in [-0.15, -0.1) is 0 Å². The molecule has 0 aromatic heterocycles. The summed E-state index contributed by atoms with van der Waals surface area (Å²) in [4.78, 5) is 24.8. The molecule has 11 heteroatoms. The lowest BCUT2D eigenvalue weighted by Crippen LogP contribution is -2.36. The number of benzene rings is 2. The predicted molar refractivity (Wildman–Crippen MR) is 124 cm³/mol. The number of nitrogens with one attached hydrogen (secondary N) is 1. The highest BCUT2D eigenvalue weighted by Crippen LogP contribution is 2.28. The van der Waals surface area contributed by atoms with Gasteiger partial charge in [0.2, 0.25) is 10.0 Å². The van der Waals surface area contributed by atoms with E-state index in [-0.39, 0.29) is 15.5 Å². The normalized spacial score (nSPS) is 15.8. The number of piperidine rings is 1. The molecule has 0 spiro atoms. The number of esters is 1. The molecule has 0 aliphatic carbocycles. The van der Waals surface area contributed by atoms with Gasteiger partial charge in [-0.05, 0) is 56.2 Å². The molecule has 1 heterocycles. The maximum absolute atomic E-state index is 13.0. The second kappa shape index (κ2) is 10.4. The number of amides is 1. The van der Waals surface area contributed by atoms with Gasteiger partial charge in [-0.1, -0.05) is 41.2 Å². The molecule has 0 unspecified atom stereocenters. The first kappa shape index (κ1) is 24.8. The van der Waals surface area contributed by atoms with E-state index in [1.165, 1.54) is 47.6 Å². The number of sulfonamides is 1. The number of hydrogen-bond acceptors (Lipinski definition) is 5. The molecule has 1 amide bonds. The summed E-state index contributed by atoms with van der Waals surface area (Å²) in [6.07, 6.45) is 1.33. The Morgan fingerprint density at radius 3 is 2.25 bits per heavy atom. The zero-order chi connectivity index (χ0) is 23.5. The fraction of sp³-hybridized carbons (Fsp3) is 0.333. The Kier molecular flexibility index (Phi) is 8.06. The minimum Gasteiger partial charge on any atom is -0.449 e. The second-order valence-corrected chi connectivity index (χ2v) is 10.5. The van der Waals surface area contributed by atoms with Crippen LogP contribution in [0.1, 0.15) is 36.5 Å². The maximum Gasteiger partial charge on any atom is 0.338 e. The van der Waals surface area contributed by atoms with Crippen LogP contribution in [0, 0.1) is 0 Å². The average molecular weight is 520 g/mol. The van der Waals surface area contributed by atoms with Crippen LogP contribution < -0.4 is 5.32 Å². The van der Waals surface area contributed by atoms with E-state index in [1.54, 1.807) is 0 Å². The van der Waals surface area contributed by atoms with Crippen LogP contribution in [-0.4, -0.2) is 43.8 Å². The third kappa shape index (κ3) is 5.94. The molecule has 0 radical (unpaired) electrons. The van der Waals surface area contributed by atoms with E-state index in [9.17, 15) is 18.0 Å². The molecular formula is C21H21Cl3N2O5S. The van der Waals surface area contributed by atoms with E-state index in [1.807, 2.05) is 0 Å². The van der Waals surface area contributed by atoms with Crippen LogP contribution in [0.4, 0.5) is 5.69 Å². The Morgan fingerprint density at radius 1 is 1.00 bits per heavy atom. The molecule has 0 saturated carbocycles. The number of anilines is 1. The van der Waals surface area contributed by atoms with E-state index in [4.69, 9.17) is 39.5 Å². The van der Waals surface area contributed by atoms with E-state index in [0.29, 0.717) is 28.8 Å². The number of halogens is 3. The highest BCUT2D eigenvalue weighted by atomic mass is 35.5. The van der Waals surface area contributed by atoms with Gasteiger partial charge in [0.05, 0.1) is 10.6 Å². The zero-order valence-corrected chi connectivity index (χ0v) is 20.2. The molecule has 3 rings (SSSR count). The van der Waals surface area contributed by atoms with Gasteiger partial charge in [0.15, 0.2) is 6.10 Å². The van der Waals surface area contributed by atoms with Crippen molar-refractivity contribution in [3.8, 4) is 0 Å². The lowest BCUT2D eigenvalue weighted by molar-refractivity contribution is -0.123. The molecule has 32 heavy (non-hydrogen) atoms. The van der Waals surface area contributed by atoms with Gasteiger partial charge in [0.25, 0.3) is 5.91 Å². The number of nitrogens with zero attached hydrogens (tertiary/aromatic N) is 1. The van der Waals surface area contributed by atoms with Crippen LogP contribution in [-0.2, 0) is 19.6 Å². The number of carbonyl (C=O) groups is 2. The van der Waals surface area contributed by atoms with Gasteiger partial charge >= 0.3 is 5.97 Å². The molecule has 7 nitrogen and oxygen atoms in total. The van der Waals surface area contributed by atoms with Gasteiger partial charge in [-0.25, -0.2) is 13.2 Å². The molecule has 1 aliphatic heterocycles. The third-order valence-corrected chi connectivity index (χ3v) is 7.70. The Bertz CT molecular complexity index is 1110. The largest absolute Gasteiger partial charge is 0.449 e. The summed E-state index contributed by atoms with van der Waals surface area (Å²) in [5, 5.41) is 3.24. The van der Waals surface area contributed by atoms with Crippen molar-refractivity contribution in [3.63, 3.8) is 0 Å². The minimum atomic E-state index is -3.85. The van der Waals surface area contributed by atoms with Crippen molar-refractivity contribution in [3.05, 3.63) is 57.0 Å². The number of hydrogen-bond donors (Lipinski definition) is 1. The van der Waals surface area contributed by atoms with Crippen molar-refractivity contribution in [2.24, 2.45) is 0 Å². The lowest BCUT2D eigenvalue weighted by Gasteiger charge is -2.26. The Morgan fingerprint density at radius 2 is 1.62 bits per heavy atom. The molecule has 1 N–H and O–H groups in total. The molecule has 1 aliphatic rings. The van der Waals surface area contributed by atoms with Gasteiger partial charge < -0.3 is 10.1 Å². The van der Waals surface area contributed by atoms with Crippen LogP contribution in [0.2, 0.25) is 15.1 Å². The molecule has 1 atom stereocenters. The Labute approximate surface area is 201 Å². The van der Waals surface area contributed by atoms with Crippen LogP contribution >= 0.6 is 34.8 Å². The molecular weight excluding hydrogens is 499 g/mol. The van der Waals surface area contributed by atoms with Gasteiger partial charge in [0, 0.05) is 28.8 Å². The smallest absolute Gasteiger partial charge is 0.338 e. The average Bonchev–Trinajstić information content (AvgIpc) is 2.73. The summed E-state index contributed by atoms with van der Waals surface area (Å²) in [5.74, 6) is -1.46. The fourth-order valence-corrected chi connectivity index (χ4v) is 5.77. The SMILES string of the molecule is C[C@H](OC(=O)c1ccc(Cl)c(S(=O)(=O)N2CCCCC2)c1)C(=O)Nc1cc(Cl)cc(Cl)c1. The number of carbonyl (C=O) groups excluding carboxylic acids is 2. The Hall–Kier alpha value is -1.84. The first-order chi connectivity index (χ1) is 15.1. The molecule has 172 valence electrons.